The number of hydrogen-bond donors (Lipinski definition) is 1. The van der Waals surface area contributed by atoms with Crippen molar-refractivity contribution in [3.8, 4) is 0 Å². The van der Waals surface area contributed by atoms with Crippen LogP contribution in [-0.2, 0) is 18.4 Å². The first-order valence-electron chi connectivity index (χ1n) is 7.13. The van der Waals surface area contributed by atoms with Crippen LogP contribution in [0.1, 0.15) is 22.3 Å². The van der Waals surface area contributed by atoms with Gasteiger partial charge in [-0.3, -0.25) is 4.55 Å². The molecule has 0 aliphatic rings. The highest BCUT2D eigenvalue weighted by Crippen LogP contribution is 2.27. The Balaban J connectivity index is 0.000000419. The summed E-state index contributed by atoms with van der Waals surface area (Å²) in [5.74, 6) is 0. The summed E-state index contributed by atoms with van der Waals surface area (Å²) in [4.78, 5) is 0.206. The van der Waals surface area contributed by atoms with E-state index < -0.39 is 18.4 Å². The molecule has 2 aromatic carbocycles. The molecular weight excluding hydrogens is 567 g/mol. The van der Waals surface area contributed by atoms with Gasteiger partial charge in [-0.25, -0.2) is 8.42 Å². The highest BCUT2D eigenvalue weighted by molar-refractivity contribution is 9.10. The van der Waals surface area contributed by atoms with Crippen LogP contribution in [0.5, 0.6) is 0 Å². The first-order chi connectivity index (χ1) is 12.0. The fraction of sp³-hybridized carbons (Fsp3) is 0.250. The Morgan fingerprint density at radius 1 is 0.741 bits per heavy atom. The van der Waals surface area contributed by atoms with E-state index in [4.69, 9.17) is 23.7 Å². The lowest BCUT2D eigenvalue weighted by Gasteiger charge is -2.06. The van der Waals surface area contributed by atoms with Crippen LogP contribution in [0.4, 0.5) is 0 Å². The third kappa shape index (κ3) is 12.8. The van der Waals surface area contributed by atoms with Crippen molar-refractivity contribution < 1.29 is 21.4 Å². The molecule has 0 bridgehead atoms. The second kappa shape index (κ2) is 11.1. The molecule has 0 saturated carbocycles. The molecule has 0 radical (unpaired) electrons. The molecule has 0 spiro atoms. The van der Waals surface area contributed by atoms with Gasteiger partial charge in [0.1, 0.15) is 0 Å². The molecule has 0 aliphatic heterocycles. The third-order valence-corrected chi connectivity index (χ3v) is 5.37. The third-order valence-electron chi connectivity index (χ3n) is 2.86. The highest BCUT2D eigenvalue weighted by atomic mass is 79.9. The first-order valence-corrected chi connectivity index (χ1v) is 13.3. The zero-order valence-corrected chi connectivity index (χ0v) is 21.1. The van der Waals surface area contributed by atoms with E-state index in [1.807, 2.05) is 0 Å². The number of rotatable bonds is 1. The molecule has 0 heterocycles. The molecular formula is C16H18Br2Cl2O5S2. The van der Waals surface area contributed by atoms with Crippen molar-refractivity contribution in [1.29, 1.82) is 0 Å². The van der Waals surface area contributed by atoms with Crippen LogP contribution >= 0.6 is 53.2 Å². The highest BCUT2D eigenvalue weighted by Gasteiger charge is 2.16. The van der Waals surface area contributed by atoms with Gasteiger partial charge in [0, 0.05) is 30.3 Å². The average Bonchev–Trinajstić information content (AvgIpc) is 2.31. The van der Waals surface area contributed by atoms with Crippen molar-refractivity contribution in [2.45, 2.75) is 32.6 Å². The van der Waals surface area contributed by atoms with Crippen LogP contribution in [0.3, 0.4) is 0 Å². The van der Waals surface area contributed by atoms with Crippen molar-refractivity contribution in [3.63, 3.8) is 0 Å². The lowest BCUT2D eigenvalue weighted by Crippen LogP contribution is -1.98. The molecule has 0 unspecified atom stereocenters. The van der Waals surface area contributed by atoms with Crippen LogP contribution in [0, 0.1) is 27.7 Å². The van der Waals surface area contributed by atoms with Gasteiger partial charge in [0.15, 0.2) is 0 Å². The number of halogens is 4. The van der Waals surface area contributed by atoms with Crippen molar-refractivity contribution in [1.82, 2.24) is 0 Å². The minimum absolute atomic E-state index is 0.206. The van der Waals surface area contributed by atoms with E-state index in [-0.39, 0.29) is 4.90 Å². The van der Waals surface area contributed by atoms with E-state index in [0.717, 1.165) is 4.47 Å². The molecule has 0 amide bonds. The lowest BCUT2D eigenvalue weighted by atomic mass is 10.2. The van der Waals surface area contributed by atoms with Gasteiger partial charge in [0.25, 0.3) is 9.05 Å². The van der Waals surface area contributed by atoms with Crippen LogP contribution in [0.25, 0.3) is 0 Å². The molecule has 0 aliphatic carbocycles. The zero-order valence-electron chi connectivity index (χ0n) is 14.8. The number of benzene rings is 2. The number of aryl methyl sites for hydroxylation is 4. The molecule has 2 rings (SSSR count). The Morgan fingerprint density at radius 3 is 1.30 bits per heavy atom. The molecule has 2 aromatic rings. The van der Waals surface area contributed by atoms with E-state index in [1.165, 1.54) is 15.6 Å². The van der Waals surface area contributed by atoms with E-state index in [2.05, 4.69) is 74.6 Å². The van der Waals surface area contributed by atoms with Gasteiger partial charge in [-0.2, -0.15) is 8.42 Å². The second-order valence-electron chi connectivity index (χ2n) is 5.52. The molecule has 0 atom stereocenters. The molecule has 0 aromatic heterocycles. The molecule has 5 nitrogen and oxygen atoms in total. The predicted octanol–water partition coefficient (Wildman–Crippen LogP) is 6.09. The van der Waals surface area contributed by atoms with Gasteiger partial charge < -0.3 is 0 Å². The van der Waals surface area contributed by atoms with Crippen LogP contribution in [-0.4, -0.2) is 21.4 Å². The summed E-state index contributed by atoms with van der Waals surface area (Å²) in [7, 11) is 1.51. The van der Waals surface area contributed by atoms with Gasteiger partial charge in [-0.05, 0) is 74.2 Å². The van der Waals surface area contributed by atoms with Crippen molar-refractivity contribution >= 4 is 71.6 Å². The Kier molecular flexibility index (Phi) is 11.1. The fourth-order valence-electron chi connectivity index (χ4n) is 2.20. The van der Waals surface area contributed by atoms with Gasteiger partial charge >= 0.3 is 9.33 Å². The van der Waals surface area contributed by atoms with Gasteiger partial charge in [0.2, 0.25) is 0 Å². The SMILES string of the molecule is Cc1cc(Br)cc(C)c1S(=O)(=O)Cl.Cc1cc(C)cc(Br)c1.O=S(=O)(O)Cl. The number of hydrogen-bond acceptors (Lipinski definition) is 4. The Labute approximate surface area is 186 Å². The summed E-state index contributed by atoms with van der Waals surface area (Å²) >= 11 is 6.69. The molecule has 152 valence electrons. The van der Waals surface area contributed by atoms with Crippen molar-refractivity contribution in [2.75, 3.05) is 0 Å². The summed E-state index contributed by atoms with van der Waals surface area (Å²) in [6, 6.07) is 9.81. The van der Waals surface area contributed by atoms with Crippen molar-refractivity contribution in [2.24, 2.45) is 0 Å². The molecule has 11 heteroatoms. The standard InChI is InChI=1S/C8H8BrClO2S.C8H9Br.ClHO3S/c1-5-3-7(9)4-6(2)8(5)13(10,11)12;1-6-3-7(2)5-8(9)4-6;1-5(2,3)4/h3-4H,1-2H3;3-5H,1-2H3;(H,2,3,4). The summed E-state index contributed by atoms with van der Waals surface area (Å²) in [5.41, 5.74) is 3.92. The first kappa shape index (κ1) is 26.8. The smallest absolute Gasteiger partial charge is 0.273 e. The van der Waals surface area contributed by atoms with E-state index in [1.54, 1.807) is 26.0 Å². The summed E-state index contributed by atoms with van der Waals surface area (Å²) < 4.78 is 49.5. The predicted molar refractivity (Wildman–Crippen MR) is 118 cm³/mol. The Morgan fingerprint density at radius 2 is 1.04 bits per heavy atom. The van der Waals surface area contributed by atoms with Crippen LogP contribution < -0.4 is 0 Å². The van der Waals surface area contributed by atoms with E-state index >= 15 is 0 Å². The minimum Gasteiger partial charge on any atom is -0.273 e. The largest absolute Gasteiger partial charge is 0.353 e. The second-order valence-corrected chi connectivity index (χ2v) is 11.9. The lowest BCUT2D eigenvalue weighted by molar-refractivity contribution is 0.501. The van der Waals surface area contributed by atoms with Gasteiger partial charge in [0.05, 0.1) is 4.90 Å². The van der Waals surface area contributed by atoms with Crippen LogP contribution in [0.15, 0.2) is 44.2 Å². The molecule has 0 saturated heterocycles. The molecule has 1 N–H and O–H groups in total. The normalized spacial score (nSPS) is 11.0. The van der Waals surface area contributed by atoms with E-state index in [9.17, 15) is 8.42 Å². The van der Waals surface area contributed by atoms with Gasteiger partial charge in [-0.1, -0.05) is 37.9 Å². The Bertz CT molecular complexity index is 926. The fourth-order valence-corrected chi connectivity index (χ4v) is 5.23. The molecule has 0 fully saturated rings. The summed E-state index contributed by atoms with van der Waals surface area (Å²) in [6.07, 6.45) is 0. The average molecular weight is 585 g/mol. The van der Waals surface area contributed by atoms with E-state index in [0.29, 0.717) is 11.1 Å². The maximum Gasteiger partial charge on any atom is 0.353 e. The maximum atomic E-state index is 11.1. The summed E-state index contributed by atoms with van der Waals surface area (Å²) in [6.45, 7) is 7.62. The van der Waals surface area contributed by atoms with Crippen molar-refractivity contribution in [3.05, 3.63) is 61.5 Å². The Hall–Kier alpha value is -0.160. The maximum absolute atomic E-state index is 11.1. The monoisotopic (exact) mass is 582 g/mol. The topological polar surface area (TPSA) is 88.5 Å². The minimum atomic E-state index is -4.19. The quantitative estimate of drug-likeness (QED) is 0.324. The zero-order chi connectivity index (χ0) is 21.6. The summed E-state index contributed by atoms with van der Waals surface area (Å²) in [5, 5.41) is 0. The molecule has 27 heavy (non-hydrogen) atoms. The van der Waals surface area contributed by atoms with Crippen LogP contribution in [0.2, 0.25) is 0 Å². The van der Waals surface area contributed by atoms with Gasteiger partial charge in [-0.15, -0.1) is 0 Å².